The van der Waals surface area contributed by atoms with Gasteiger partial charge in [0.05, 0.1) is 16.8 Å². The Hall–Kier alpha value is -5.44. The van der Waals surface area contributed by atoms with Gasteiger partial charge in [0.25, 0.3) is 23.4 Å². The summed E-state index contributed by atoms with van der Waals surface area (Å²) in [4.78, 5) is 66.8. The number of nitrogens with zero attached hydrogens (tertiary/aromatic N) is 3. The standard InChI is InChI=1S/C34H25N3O6/c1-19-10-12-20(13-11-19)27(38)18-35(32(39)21-14-16-22(17-15-21)37(42)43)36-33(40)30-28-23-6-2-3-7-24(23)29(31(30)34(36)41)26-9-5-4-8-25(26)28/h2-17,28-31H,18H2,1H3/t28?,29?,30-,31-/m1/s1. The first-order chi connectivity index (χ1) is 20.8. The van der Waals surface area contributed by atoms with E-state index in [1.165, 1.54) is 24.3 Å². The lowest BCUT2D eigenvalue weighted by Gasteiger charge is -2.45. The number of hydrogen-bond acceptors (Lipinski definition) is 6. The zero-order chi connectivity index (χ0) is 30.0. The van der Waals surface area contributed by atoms with Crippen molar-refractivity contribution in [3.05, 3.63) is 146 Å². The summed E-state index contributed by atoms with van der Waals surface area (Å²) >= 11 is 0. The Balaban J connectivity index is 1.32. The first-order valence-corrected chi connectivity index (χ1v) is 14.0. The Morgan fingerprint density at radius 3 is 1.60 bits per heavy atom. The summed E-state index contributed by atoms with van der Waals surface area (Å²) in [6.45, 7) is 1.32. The summed E-state index contributed by atoms with van der Waals surface area (Å²) in [6, 6.07) is 27.3. The molecule has 0 unspecified atom stereocenters. The maximum Gasteiger partial charge on any atom is 0.273 e. The zero-order valence-electron chi connectivity index (χ0n) is 23.0. The molecule has 2 atom stereocenters. The molecule has 0 radical (unpaired) electrons. The van der Waals surface area contributed by atoms with E-state index in [1.54, 1.807) is 24.3 Å². The van der Waals surface area contributed by atoms with E-state index in [9.17, 15) is 29.3 Å². The van der Waals surface area contributed by atoms with Crippen LogP contribution in [0.4, 0.5) is 5.69 Å². The monoisotopic (exact) mass is 571 g/mol. The Morgan fingerprint density at radius 2 is 1.16 bits per heavy atom. The Morgan fingerprint density at radius 1 is 0.721 bits per heavy atom. The summed E-state index contributed by atoms with van der Waals surface area (Å²) in [5.74, 6) is -4.57. The number of amides is 3. The van der Waals surface area contributed by atoms with Gasteiger partial charge in [0.2, 0.25) is 0 Å². The second kappa shape index (κ2) is 9.84. The van der Waals surface area contributed by atoms with Crippen molar-refractivity contribution in [2.75, 3.05) is 6.54 Å². The van der Waals surface area contributed by atoms with Crippen molar-refractivity contribution in [1.29, 1.82) is 0 Å². The molecule has 1 fully saturated rings. The van der Waals surface area contributed by atoms with Crippen LogP contribution in [-0.2, 0) is 9.59 Å². The molecule has 1 heterocycles. The highest BCUT2D eigenvalue weighted by Crippen LogP contribution is 2.61. The molecule has 0 spiro atoms. The molecule has 0 aromatic heterocycles. The smallest absolute Gasteiger partial charge is 0.273 e. The van der Waals surface area contributed by atoms with Crippen molar-refractivity contribution in [3.63, 3.8) is 0 Å². The van der Waals surface area contributed by atoms with Crippen LogP contribution in [-0.4, -0.2) is 45.0 Å². The summed E-state index contributed by atoms with van der Waals surface area (Å²) in [6.07, 6.45) is 0. The molecular weight excluding hydrogens is 546 g/mol. The van der Waals surface area contributed by atoms with Crippen LogP contribution in [0, 0.1) is 28.9 Å². The van der Waals surface area contributed by atoms with Gasteiger partial charge in [-0.15, -0.1) is 0 Å². The highest BCUT2D eigenvalue weighted by Gasteiger charge is 2.63. The third-order valence-corrected chi connectivity index (χ3v) is 8.89. The summed E-state index contributed by atoms with van der Waals surface area (Å²) in [5.41, 5.74) is 5.00. The number of nitro benzene ring substituents is 1. The number of non-ortho nitro benzene ring substituents is 1. The van der Waals surface area contributed by atoms with Gasteiger partial charge in [-0.05, 0) is 41.3 Å². The number of hydrogen-bond donors (Lipinski definition) is 0. The van der Waals surface area contributed by atoms with Crippen LogP contribution >= 0.6 is 0 Å². The molecule has 4 aliphatic rings. The molecule has 9 heteroatoms. The van der Waals surface area contributed by atoms with Gasteiger partial charge in [0.15, 0.2) is 5.78 Å². The van der Waals surface area contributed by atoms with E-state index in [1.807, 2.05) is 55.5 Å². The van der Waals surface area contributed by atoms with Gasteiger partial charge in [-0.3, -0.25) is 29.3 Å². The van der Waals surface area contributed by atoms with Gasteiger partial charge < -0.3 is 0 Å². The number of hydrazine groups is 1. The molecule has 43 heavy (non-hydrogen) atoms. The van der Waals surface area contributed by atoms with Crippen molar-refractivity contribution in [3.8, 4) is 0 Å². The lowest BCUT2D eigenvalue weighted by atomic mass is 9.55. The Kier molecular flexibility index (Phi) is 6.05. The third-order valence-electron chi connectivity index (χ3n) is 8.89. The molecule has 4 aromatic rings. The van der Waals surface area contributed by atoms with E-state index in [4.69, 9.17) is 0 Å². The molecule has 1 saturated heterocycles. The molecule has 212 valence electrons. The number of Topliss-reactive ketones (excluding diaryl/α,β-unsaturated/α-hetero) is 1. The van der Waals surface area contributed by atoms with Crippen molar-refractivity contribution in [2.45, 2.75) is 18.8 Å². The lowest BCUT2D eigenvalue weighted by molar-refractivity contribution is -0.384. The number of aryl methyl sites for hydroxylation is 1. The minimum atomic E-state index is -0.780. The summed E-state index contributed by atoms with van der Waals surface area (Å²) in [7, 11) is 0. The number of carbonyl (C=O) groups excluding carboxylic acids is 4. The predicted molar refractivity (Wildman–Crippen MR) is 155 cm³/mol. The van der Waals surface area contributed by atoms with Gasteiger partial charge in [-0.2, -0.15) is 5.01 Å². The fraction of sp³-hybridized carbons (Fsp3) is 0.176. The Bertz CT molecular complexity index is 1730. The predicted octanol–water partition coefficient (Wildman–Crippen LogP) is 5.04. The van der Waals surface area contributed by atoms with E-state index in [0.29, 0.717) is 5.56 Å². The molecule has 2 bridgehead atoms. The Labute approximate surface area is 246 Å². The zero-order valence-corrected chi connectivity index (χ0v) is 23.0. The van der Waals surface area contributed by atoms with E-state index >= 15 is 0 Å². The van der Waals surface area contributed by atoms with Crippen LogP contribution < -0.4 is 0 Å². The van der Waals surface area contributed by atoms with Crippen LogP contribution in [0.2, 0.25) is 0 Å². The van der Waals surface area contributed by atoms with E-state index in [-0.39, 0.29) is 23.1 Å². The highest BCUT2D eigenvalue weighted by molar-refractivity contribution is 6.11. The SMILES string of the molecule is Cc1ccc(C(=O)CN(C(=O)c2ccc([N+](=O)[O-])cc2)N2C(=O)[C@@H]3C4c5ccccc5C(c5ccccc54)[C@H]3C2=O)cc1. The van der Waals surface area contributed by atoms with Crippen molar-refractivity contribution >= 4 is 29.2 Å². The number of nitro groups is 1. The fourth-order valence-corrected chi connectivity index (χ4v) is 6.97. The molecule has 1 aliphatic heterocycles. The summed E-state index contributed by atoms with van der Waals surface area (Å²) < 4.78 is 0. The van der Waals surface area contributed by atoms with E-state index in [0.717, 1.165) is 37.8 Å². The maximum absolute atomic E-state index is 14.4. The molecule has 0 N–H and O–H groups in total. The van der Waals surface area contributed by atoms with Crippen LogP contribution in [0.5, 0.6) is 0 Å². The average Bonchev–Trinajstić information content (AvgIpc) is 3.29. The highest BCUT2D eigenvalue weighted by atomic mass is 16.6. The second-order valence-corrected chi connectivity index (χ2v) is 11.2. The largest absolute Gasteiger partial charge is 0.292 e. The molecule has 3 aliphatic carbocycles. The van der Waals surface area contributed by atoms with Crippen molar-refractivity contribution < 1.29 is 24.1 Å². The van der Waals surface area contributed by atoms with Crippen LogP contribution in [0.15, 0.2) is 97.1 Å². The minimum absolute atomic E-state index is 0.00678. The molecule has 0 saturated carbocycles. The quantitative estimate of drug-likeness (QED) is 0.139. The molecule has 8 rings (SSSR count). The van der Waals surface area contributed by atoms with E-state index in [2.05, 4.69) is 0 Å². The molecular formula is C34H25N3O6. The molecule has 4 aromatic carbocycles. The van der Waals surface area contributed by atoms with Gasteiger partial charge in [-0.1, -0.05) is 78.4 Å². The normalized spacial score (nSPS) is 21.2. The second-order valence-electron chi connectivity index (χ2n) is 11.2. The van der Waals surface area contributed by atoms with Gasteiger partial charge >= 0.3 is 0 Å². The van der Waals surface area contributed by atoms with Crippen LogP contribution in [0.1, 0.15) is 60.4 Å². The first kappa shape index (κ1) is 26.5. The number of imide groups is 1. The van der Waals surface area contributed by atoms with Crippen LogP contribution in [0.25, 0.3) is 0 Å². The van der Waals surface area contributed by atoms with Gasteiger partial charge in [0, 0.05) is 35.1 Å². The fourth-order valence-electron chi connectivity index (χ4n) is 6.97. The summed E-state index contributed by atoms with van der Waals surface area (Å²) in [5, 5.41) is 13.0. The number of ketones is 1. The lowest BCUT2D eigenvalue weighted by Crippen LogP contribution is -2.52. The number of benzene rings is 4. The number of carbonyl (C=O) groups is 4. The van der Waals surface area contributed by atoms with Crippen molar-refractivity contribution in [1.82, 2.24) is 10.0 Å². The van der Waals surface area contributed by atoms with Crippen molar-refractivity contribution in [2.24, 2.45) is 11.8 Å². The average molecular weight is 572 g/mol. The molecule has 9 nitrogen and oxygen atoms in total. The topological polar surface area (TPSA) is 118 Å². The van der Waals surface area contributed by atoms with E-state index < -0.39 is 46.8 Å². The minimum Gasteiger partial charge on any atom is -0.292 e. The maximum atomic E-state index is 14.4. The van der Waals surface area contributed by atoms with Gasteiger partial charge in [-0.25, -0.2) is 5.01 Å². The van der Waals surface area contributed by atoms with Gasteiger partial charge in [0.1, 0.15) is 6.54 Å². The van der Waals surface area contributed by atoms with Crippen LogP contribution in [0.3, 0.4) is 0 Å². The third kappa shape index (κ3) is 3.99. The first-order valence-electron chi connectivity index (χ1n) is 14.0. The number of rotatable bonds is 6. The molecule has 3 amide bonds.